The molecule has 0 bridgehead atoms. The van der Waals surface area contributed by atoms with Gasteiger partial charge in [-0.05, 0) is 19.4 Å². The molecule has 0 spiro atoms. The van der Waals surface area contributed by atoms with E-state index in [1.54, 1.807) is 0 Å². The summed E-state index contributed by atoms with van der Waals surface area (Å²) in [4.78, 5) is 16.5. The van der Waals surface area contributed by atoms with Crippen molar-refractivity contribution in [1.82, 2.24) is 15.5 Å². The Morgan fingerprint density at radius 3 is 2.62 bits per heavy atom. The molecule has 0 saturated heterocycles. The molecule has 6 heteroatoms. The highest BCUT2D eigenvalue weighted by molar-refractivity contribution is 7.99. The van der Waals surface area contributed by atoms with E-state index in [9.17, 15) is 4.79 Å². The molecule has 0 fully saturated rings. The van der Waals surface area contributed by atoms with E-state index in [0.29, 0.717) is 23.2 Å². The molecular formula is C20H21N3O2S. The topological polar surface area (TPSA) is 68.0 Å². The molecule has 1 atom stereocenters. The van der Waals surface area contributed by atoms with Gasteiger partial charge >= 0.3 is 0 Å². The molecule has 1 aromatic heterocycles. The average Bonchev–Trinajstić information content (AvgIpc) is 3.12. The maximum Gasteiger partial charge on any atom is 0.236 e. The Morgan fingerprint density at radius 1 is 1.15 bits per heavy atom. The van der Waals surface area contributed by atoms with Gasteiger partial charge in [-0.25, -0.2) is 0 Å². The predicted molar refractivity (Wildman–Crippen MR) is 104 cm³/mol. The lowest BCUT2D eigenvalue weighted by atomic mass is 10.1. The fraction of sp³-hybridized carbons (Fsp3) is 0.250. The molecule has 3 rings (SSSR count). The lowest BCUT2D eigenvalue weighted by Gasteiger charge is -2.13. The van der Waals surface area contributed by atoms with Crippen molar-refractivity contribution in [3.63, 3.8) is 0 Å². The summed E-state index contributed by atoms with van der Waals surface area (Å²) in [5.74, 6) is 1.94. The van der Waals surface area contributed by atoms with Gasteiger partial charge in [-0.2, -0.15) is 4.98 Å². The van der Waals surface area contributed by atoms with Crippen LogP contribution in [0, 0.1) is 6.92 Å². The van der Waals surface area contributed by atoms with Crippen LogP contribution in [0.1, 0.15) is 30.0 Å². The van der Waals surface area contributed by atoms with Crippen molar-refractivity contribution in [2.24, 2.45) is 0 Å². The number of carbonyl (C=O) groups excluding carboxylic acids is 1. The molecule has 5 nitrogen and oxygen atoms in total. The second-order valence-electron chi connectivity index (χ2n) is 6.07. The van der Waals surface area contributed by atoms with Crippen molar-refractivity contribution in [3.05, 3.63) is 71.6 Å². The molecule has 0 aliphatic heterocycles. The van der Waals surface area contributed by atoms with Gasteiger partial charge in [0.2, 0.25) is 17.6 Å². The number of rotatable bonds is 7. The van der Waals surface area contributed by atoms with Crippen LogP contribution < -0.4 is 5.32 Å². The van der Waals surface area contributed by atoms with Crippen LogP contribution in [0.4, 0.5) is 0 Å². The summed E-state index contributed by atoms with van der Waals surface area (Å²) in [6, 6.07) is 17.8. The minimum absolute atomic E-state index is 0.00961. The van der Waals surface area contributed by atoms with E-state index in [0.717, 1.165) is 11.1 Å². The Labute approximate surface area is 157 Å². The number of hydrogen-bond acceptors (Lipinski definition) is 5. The molecule has 1 amide bonds. The Morgan fingerprint density at radius 2 is 1.88 bits per heavy atom. The van der Waals surface area contributed by atoms with Crippen LogP contribution in [-0.4, -0.2) is 21.8 Å². The Balaban J connectivity index is 1.46. The molecule has 0 saturated carbocycles. The van der Waals surface area contributed by atoms with Crippen molar-refractivity contribution < 1.29 is 9.32 Å². The standard InChI is InChI=1S/C20H21N3O2S/c1-14-8-10-17(11-9-14)20-22-19(25-23-20)13-26-12-18(24)21-15(2)16-6-4-3-5-7-16/h3-11,15H,12-13H2,1-2H3,(H,21,24)/t15-/m0/s1. The van der Waals surface area contributed by atoms with E-state index >= 15 is 0 Å². The third-order valence-electron chi connectivity index (χ3n) is 3.91. The maximum atomic E-state index is 12.1. The van der Waals surface area contributed by atoms with E-state index in [1.165, 1.54) is 17.3 Å². The zero-order valence-electron chi connectivity index (χ0n) is 14.8. The average molecular weight is 367 g/mol. The highest BCUT2D eigenvalue weighted by Crippen LogP contribution is 2.19. The summed E-state index contributed by atoms with van der Waals surface area (Å²) < 4.78 is 5.27. The number of thioether (sulfide) groups is 1. The van der Waals surface area contributed by atoms with Gasteiger partial charge < -0.3 is 9.84 Å². The molecule has 0 radical (unpaired) electrons. The third kappa shape index (κ3) is 4.95. The zero-order valence-corrected chi connectivity index (χ0v) is 15.6. The fourth-order valence-corrected chi connectivity index (χ4v) is 3.14. The van der Waals surface area contributed by atoms with Crippen molar-refractivity contribution in [3.8, 4) is 11.4 Å². The van der Waals surface area contributed by atoms with Crippen molar-refractivity contribution in [2.45, 2.75) is 25.6 Å². The van der Waals surface area contributed by atoms with E-state index in [2.05, 4.69) is 15.5 Å². The first kappa shape index (κ1) is 18.2. The second kappa shape index (κ2) is 8.67. The maximum absolute atomic E-state index is 12.1. The van der Waals surface area contributed by atoms with E-state index in [4.69, 9.17) is 4.52 Å². The number of nitrogens with zero attached hydrogens (tertiary/aromatic N) is 2. The molecule has 0 unspecified atom stereocenters. The van der Waals surface area contributed by atoms with Crippen molar-refractivity contribution >= 4 is 17.7 Å². The lowest BCUT2D eigenvalue weighted by molar-refractivity contribution is -0.119. The van der Waals surface area contributed by atoms with Gasteiger partial charge in [-0.3, -0.25) is 4.79 Å². The summed E-state index contributed by atoms with van der Waals surface area (Å²) in [5.41, 5.74) is 3.19. The van der Waals surface area contributed by atoms with Crippen LogP contribution in [0.3, 0.4) is 0 Å². The van der Waals surface area contributed by atoms with E-state index in [1.807, 2.05) is 68.4 Å². The smallest absolute Gasteiger partial charge is 0.236 e. The van der Waals surface area contributed by atoms with Crippen LogP contribution in [0.25, 0.3) is 11.4 Å². The number of aryl methyl sites for hydroxylation is 1. The zero-order chi connectivity index (χ0) is 18.4. The summed E-state index contributed by atoms with van der Waals surface area (Å²) in [6.45, 7) is 4.01. The summed E-state index contributed by atoms with van der Waals surface area (Å²) in [6.07, 6.45) is 0. The lowest BCUT2D eigenvalue weighted by Crippen LogP contribution is -2.28. The van der Waals surface area contributed by atoms with E-state index < -0.39 is 0 Å². The SMILES string of the molecule is Cc1ccc(-c2noc(CSCC(=O)N[C@@H](C)c3ccccc3)n2)cc1. The van der Waals surface area contributed by atoms with Crippen LogP contribution in [0.15, 0.2) is 59.1 Å². The second-order valence-corrected chi connectivity index (χ2v) is 7.06. The van der Waals surface area contributed by atoms with Gasteiger partial charge in [0, 0.05) is 5.56 Å². The Bertz CT molecular complexity index is 847. The highest BCUT2D eigenvalue weighted by atomic mass is 32.2. The molecule has 1 heterocycles. The van der Waals surface area contributed by atoms with Gasteiger partial charge in [-0.15, -0.1) is 11.8 Å². The predicted octanol–water partition coefficient (Wildman–Crippen LogP) is 4.16. The number of hydrogen-bond donors (Lipinski definition) is 1. The first-order valence-electron chi connectivity index (χ1n) is 8.43. The quantitative estimate of drug-likeness (QED) is 0.679. The number of aromatic nitrogens is 2. The molecular weight excluding hydrogens is 346 g/mol. The van der Waals surface area contributed by atoms with Gasteiger partial charge in [0.15, 0.2) is 0 Å². The summed E-state index contributed by atoms with van der Waals surface area (Å²) >= 11 is 1.45. The summed E-state index contributed by atoms with van der Waals surface area (Å²) in [5, 5.41) is 6.99. The largest absolute Gasteiger partial charge is 0.349 e. The normalized spacial score (nSPS) is 11.9. The van der Waals surface area contributed by atoms with E-state index in [-0.39, 0.29) is 11.9 Å². The van der Waals surface area contributed by atoms with Crippen molar-refractivity contribution in [2.75, 3.05) is 5.75 Å². The van der Waals surface area contributed by atoms with Crippen LogP contribution in [-0.2, 0) is 10.5 Å². The molecule has 26 heavy (non-hydrogen) atoms. The molecule has 0 aliphatic carbocycles. The van der Waals surface area contributed by atoms with Crippen LogP contribution >= 0.6 is 11.8 Å². The Kier molecular flexibility index (Phi) is 6.07. The first-order chi connectivity index (χ1) is 12.6. The van der Waals surface area contributed by atoms with Crippen LogP contribution in [0.5, 0.6) is 0 Å². The number of amides is 1. The molecule has 134 valence electrons. The molecule has 2 aromatic carbocycles. The van der Waals surface area contributed by atoms with Gasteiger partial charge in [0.25, 0.3) is 0 Å². The first-order valence-corrected chi connectivity index (χ1v) is 9.59. The minimum atomic E-state index is -0.0131. The van der Waals surface area contributed by atoms with Gasteiger partial charge in [-0.1, -0.05) is 65.3 Å². The molecule has 1 N–H and O–H groups in total. The summed E-state index contributed by atoms with van der Waals surface area (Å²) in [7, 11) is 0. The third-order valence-corrected chi connectivity index (χ3v) is 4.83. The fourth-order valence-electron chi connectivity index (χ4n) is 2.47. The molecule has 0 aliphatic rings. The van der Waals surface area contributed by atoms with Gasteiger partial charge in [0.05, 0.1) is 17.5 Å². The molecule has 3 aromatic rings. The highest BCUT2D eigenvalue weighted by Gasteiger charge is 2.12. The number of nitrogens with one attached hydrogen (secondary N) is 1. The number of carbonyl (C=O) groups is 1. The Hall–Kier alpha value is -2.60. The van der Waals surface area contributed by atoms with Gasteiger partial charge in [0.1, 0.15) is 0 Å². The van der Waals surface area contributed by atoms with Crippen LogP contribution in [0.2, 0.25) is 0 Å². The minimum Gasteiger partial charge on any atom is -0.349 e. The number of benzene rings is 2. The van der Waals surface area contributed by atoms with Crippen molar-refractivity contribution in [1.29, 1.82) is 0 Å². The monoisotopic (exact) mass is 367 g/mol.